The van der Waals surface area contributed by atoms with Crippen LogP contribution in [0.15, 0.2) is 57.9 Å². The molecule has 3 rings (SSSR count). The third-order valence-electron chi connectivity index (χ3n) is 6.84. The fraction of sp³-hybridized carbons (Fsp3) is 0.393. The summed E-state index contributed by atoms with van der Waals surface area (Å²) in [6.07, 6.45) is 1.03. The molecular weight excluding hydrogens is 504 g/mol. The van der Waals surface area contributed by atoms with Gasteiger partial charge in [0.15, 0.2) is 0 Å². The molecule has 0 unspecified atom stereocenters. The van der Waals surface area contributed by atoms with Crippen molar-refractivity contribution in [3.8, 4) is 11.1 Å². The average molecular weight is 541 g/mol. The lowest BCUT2D eigenvalue weighted by Crippen LogP contribution is -2.51. The van der Waals surface area contributed by atoms with Gasteiger partial charge < -0.3 is 14.7 Å². The Balaban J connectivity index is 1.92. The molecule has 2 amide bonds. The maximum Gasteiger partial charge on any atom is 0.264 e. The van der Waals surface area contributed by atoms with E-state index in [1.807, 2.05) is 38.1 Å². The van der Waals surface area contributed by atoms with E-state index in [4.69, 9.17) is 4.52 Å². The minimum atomic E-state index is -3.96. The number of likely N-dealkylation sites (N-methyl/N-ethyl adjacent to an activating group) is 1. The number of benzene rings is 2. The number of carbonyl (C=O) groups excluding carboxylic acids is 2. The van der Waals surface area contributed by atoms with Crippen LogP contribution in [0.4, 0.5) is 5.88 Å². The predicted molar refractivity (Wildman–Crippen MR) is 147 cm³/mol. The number of anilines is 1. The molecular formula is C28H36N4O5S. The number of sulfonamides is 1. The fourth-order valence-corrected chi connectivity index (χ4v) is 5.51. The molecule has 9 nitrogen and oxygen atoms in total. The van der Waals surface area contributed by atoms with Crippen LogP contribution < -0.4 is 10.0 Å². The van der Waals surface area contributed by atoms with Crippen molar-refractivity contribution in [2.75, 3.05) is 11.8 Å². The minimum absolute atomic E-state index is 0.0221. The zero-order valence-electron chi connectivity index (χ0n) is 22.7. The summed E-state index contributed by atoms with van der Waals surface area (Å²) in [6.45, 7) is 9.48. The summed E-state index contributed by atoms with van der Waals surface area (Å²) in [5, 5.41) is 6.51. The summed E-state index contributed by atoms with van der Waals surface area (Å²) >= 11 is 0. The van der Waals surface area contributed by atoms with Crippen molar-refractivity contribution in [1.82, 2.24) is 15.4 Å². The highest BCUT2D eigenvalue weighted by molar-refractivity contribution is 7.92. The first-order chi connectivity index (χ1) is 18.0. The number of aryl methyl sites for hydroxylation is 1. The third-order valence-corrected chi connectivity index (χ3v) is 8.22. The van der Waals surface area contributed by atoms with Crippen LogP contribution >= 0.6 is 0 Å². The molecule has 0 radical (unpaired) electrons. The van der Waals surface area contributed by atoms with Crippen molar-refractivity contribution in [3.05, 3.63) is 65.4 Å². The SMILES string of the molecule is CCC(=O)N(Cc1ccc(-c2ccccc2S(=O)(=O)Nc2onc(C)c2C)cc1)[C@H](C(=O)NC)[C@H](C)CC. The van der Waals surface area contributed by atoms with E-state index < -0.39 is 16.1 Å². The average Bonchev–Trinajstić information content (AvgIpc) is 3.23. The van der Waals surface area contributed by atoms with Crippen LogP contribution in [0.5, 0.6) is 0 Å². The van der Waals surface area contributed by atoms with Crippen LogP contribution in [0.25, 0.3) is 11.1 Å². The second-order valence-electron chi connectivity index (χ2n) is 9.34. The standard InChI is InChI=1S/C28H36N4O5S/c1-7-18(3)26(27(34)29-6)32(25(33)8-2)17-21-13-15-22(16-14-21)23-11-9-10-12-24(23)38(35,36)31-28-19(4)20(5)30-37-28/h9-16,18,26,31H,7-8,17H2,1-6H3,(H,29,34)/t18-,26+/m1/s1. The van der Waals surface area contributed by atoms with Gasteiger partial charge in [0.2, 0.25) is 17.7 Å². The second kappa shape index (κ2) is 12.3. The maximum absolute atomic E-state index is 13.3. The fourth-order valence-electron chi connectivity index (χ4n) is 4.24. The van der Waals surface area contributed by atoms with Gasteiger partial charge in [-0.3, -0.25) is 9.59 Å². The molecule has 2 aromatic carbocycles. The molecule has 0 aliphatic carbocycles. The zero-order chi connectivity index (χ0) is 28.0. The highest BCUT2D eigenvalue weighted by Gasteiger charge is 2.32. The van der Waals surface area contributed by atoms with Crippen molar-refractivity contribution in [3.63, 3.8) is 0 Å². The largest absolute Gasteiger partial charge is 0.357 e. The molecule has 204 valence electrons. The Labute approximate surface area is 224 Å². The topological polar surface area (TPSA) is 122 Å². The van der Waals surface area contributed by atoms with Crippen molar-refractivity contribution in [2.45, 2.75) is 64.9 Å². The Hall–Kier alpha value is -3.66. The van der Waals surface area contributed by atoms with Gasteiger partial charge in [0.25, 0.3) is 10.0 Å². The van der Waals surface area contributed by atoms with E-state index >= 15 is 0 Å². The summed E-state index contributed by atoms with van der Waals surface area (Å²) in [5.74, 6) is -0.239. The van der Waals surface area contributed by atoms with Gasteiger partial charge in [0.1, 0.15) is 6.04 Å². The van der Waals surface area contributed by atoms with E-state index in [1.54, 1.807) is 50.9 Å². The smallest absolute Gasteiger partial charge is 0.264 e. The van der Waals surface area contributed by atoms with Gasteiger partial charge in [-0.1, -0.05) is 74.8 Å². The number of carbonyl (C=O) groups is 2. The van der Waals surface area contributed by atoms with Gasteiger partial charge in [-0.15, -0.1) is 0 Å². The Bertz CT molecular complexity index is 1380. The van der Waals surface area contributed by atoms with E-state index in [2.05, 4.69) is 15.2 Å². The number of hydrogen-bond donors (Lipinski definition) is 2. The van der Waals surface area contributed by atoms with Gasteiger partial charge >= 0.3 is 0 Å². The first-order valence-electron chi connectivity index (χ1n) is 12.7. The van der Waals surface area contributed by atoms with Crippen molar-refractivity contribution < 1.29 is 22.5 Å². The molecule has 0 aliphatic heterocycles. The maximum atomic E-state index is 13.3. The predicted octanol–water partition coefficient (Wildman–Crippen LogP) is 4.66. The molecule has 10 heteroatoms. The molecule has 0 saturated heterocycles. The van der Waals surface area contributed by atoms with Gasteiger partial charge in [0, 0.05) is 31.1 Å². The van der Waals surface area contributed by atoms with Gasteiger partial charge in [0.05, 0.1) is 10.6 Å². The van der Waals surface area contributed by atoms with Crippen molar-refractivity contribution in [1.29, 1.82) is 0 Å². The van der Waals surface area contributed by atoms with E-state index in [0.29, 0.717) is 22.4 Å². The number of nitrogens with one attached hydrogen (secondary N) is 2. The molecule has 0 bridgehead atoms. The molecule has 1 aromatic heterocycles. The Morgan fingerprint density at radius 2 is 1.71 bits per heavy atom. The summed E-state index contributed by atoms with van der Waals surface area (Å²) in [5.41, 5.74) is 3.27. The molecule has 3 aromatic rings. The first kappa shape index (κ1) is 28.9. The molecule has 2 atom stereocenters. The van der Waals surface area contributed by atoms with Gasteiger partial charge in [-0.05, 0) is 37.0 Å². The molecule has 0 fully saturated rings. The first-order valence-corrected chi connectivity index (χ1v) is 14.2. The highest BCUT2D eigenvalue weighted by Crippen LogP contribution is 2.30. The van der Waals surface area contributed by atoms with Crippen molar-refractivity contribution in [2.24, 2.45) is 5.92 Å². The van der Waals surface area contributed by atoms with Crippen LogP contribution in [0.3, 0.4) is 0 Å². The second-order valence-corrected chi connectivity index (χ2v) is 11.0. The molecule has 38 heavy (non-hydrogen) atoms. The van der Waals surface area contributed by atoms with Crippen molar-refractivity contribution >= 4 is 27.7 Å². The summed E-state index contributed by atoms with van der Waals surface area (Å²) < 4.78 is 34.2. The normalized spacial score (nSPS) is 13.0. The Morgan fingerprint density at radius 3 is 2.26 bits per heavy atom. The van der Waals surface area contributed by atoms with Gasteiger partial charge in [-0.2, -0.15) is 0 Å². The van der Waals surface area contributed by atoms with Crippen LogP contribution in [0.1, 0.15) is 50.4 Å². The van der Waals surface area contributed by atoms with E-state index in [-0.39, 0.29) is 41.5 Å². The van der Waals surface area contributed by atoms with E-state index in [0.717, 1.165) is 12.0 Å². The molecule has 2 N–H and O–H groups in total. The quantitative estimate of drug-likeness (QED) is 0.365. The Kier molecular flexibility index (Phi) is 9.32. The summed E-state index contributed by atoms with van der Waals surface area (Å²) in [4.78, 5) is 27.3. The number of hydrogen-bond acceptors (Lipinski definition) is 6. The number of aromatic nitrogens is 1. The molecule has 0 saturated carbocycles. The summed E-state index contributed by atoms with van der Waals surface area (Å²) in [6, 6.07) is 13.5. The lowest BCUT2D eigenvalue weighted by atomic mass is 9.95. The van der Waals surface area contributed by atoms with Crippen LogP contribution in [0.2, 0.25) is 0 Å². The lowest BCUT2D eigenvalue weighted by molar-refractivity contribution is -0.142. The monoisotopic (exact) mass is 540 g/mol. The Morgan fingerprint density at radius 1 is 1.05 bits per heavy atom. The number of amides is 2. The number of rotatable bonds is 11. The third kappa shape index (κ3) is 6.24. The molecule has 0 spiro atoms. The molecule has 1 heterocycles. The van der Waals surface area contributed by atoms with Crippen LogP contribution in [-0.4, -0.2) is 43.4 Å². The van der Waals surface area contributed by atoms with Gasteiger partial charge in [-0.25, -0.2) is 13.1 Å². The van der Waals surface area contributed by atoms with E-state index in [9.17, 15) is 18.0 Å². The minimum Gasteiger partial charge on any atom is -0.357 e. The van der Waals surface area contributed by atoms with E-state index in [1.165, 1.54) is 6.07 Å². The summed E-state index contributed by atoms with van der Waals surface area (Å²) in [7, 11) is -2.39. The number of nitrogens with zero attached hydrogens (tertiary/aromatic N) is 2. The highest BCUT2D eigenvalue weighted by atomic mass is 32.2. The lowest BCUT2D eigenvalue weighted by Gasteiger charge is -2.34. The van der Waals surface area contributed by atoms with Crippen LogP contribution in [0, 0.1) is 19.8 Å². The zero-order valence-corrected chi connectivity index (χ0v) is 23.6. The molecule has 0 aliphatic rings. The van der Waals surface area contributed by atoms with Crippen LogP contribution in [-0.2, 0) is 26.2 Å².